The van der Waals surface area contributed by atoms with Gasteiger partial charge in [0.1, 0.15) is 6.61 Å². The van der Waals surface area contributed by atoms with E-state index in [1.165, 1.54) is 0 Å². The fourth-order valence-electron chi connectivity index (χ4n) is 1.18. The molecule has 0 fully saturated rings. The van der Waals surface area contributed by atoms with Gasteiger partial charge < -0.3 is 14.9 Å². The van der Waals surface area contributed by atoms with Crippen LogP contribution in [0.2, 0.25) is 0 Å². The predicted octanol–water partition coefficient (Wildman–Crippen LogP) is 0.917. The van der Waals surface area contributed by atoms with Gasteiger partial charge in [-0.15, -0.1) is 0 Å². The Hall–Kier alpha value is -1.08. The van der Waals surface area contributed by atoms with E-state index < -0.39 is 6.61 Å². The van der Waals surface area contributed by atoms with Crippen LogP contribution in [0.1, 0.15) is 26.2 Å². The van der Waals surface area contributed by atoms with E-state index >= 15 is 0 Å². The van der Waals surface area contributed by atoms with Crippen molar-refractivity contribution in [2.75, 3.05) is 26.2 Å². The third kappa shape index (κ3) is 5.55. The van der Waals surface area contributed by atoms with E-state index in [0.29, 0.717) is 19.6 Å². The highest BCUT2D eigenvalue weighted by atomic mass is 16.3. The number of rotatable bonds is 7. The van der Waals surface area contributed by atoms with Gasteiger partial charge in [0.25, 0.3) is 0 Å². The number of aliphatic hydroxyl groups excluding tert-OH is 1. The topological polar surface area (TPSA) is 44.9 Å². The van der Waals surface area contributed by atoms with Crippen molar-refractivity contribution in [2.45, 2.75) is 26.2 Å². The Morgan fingerprint density at radius 2 is 2.14 bits per heavy atom. The minimum absolute atomic E-state index is 0.273. The summed E-state index contributed by atoms with van der Waals surface area (Å²) < 4.78 is 0. The minimum Gasteiger partial charge on any atom is -0.387 e. The van der Waals surface area contributed by atoms with E-state index in [-0.39, 0.29) is 5.91 Å². The molecule has 0 aliphatic heterocycles. The molecule has 80 valence electrons. The number of carbonyl (C=O) groups is 1. The van der Waals surface area contributed by atoms with Gasteiger partial charge in [0, 0.05) is 6.54 Å². The summed E-state index contributed by atoms with van der Waals surface area (Å²) >= 11 is 0. The van der Waals surface area contributed by atoms with Gasteiger partial charge in [-0.1, -0.05) is 19.8 Å². The molecule has 0 bridgehead atoms. The van der Waals surface area contributed by atoms with Crippen LogP contribution in [-0.2, 0) is 4.79 Å². The van der Waals surface area contributed by atoms with Crippen LogP contribution in [0.3, 0.4) is 0 Å². The maximum Gasteiger partial charge on any atom is 0.248 e. The summed E-state index contributed by atoms with van der Waals surface area (Å²) in [6.07, 6.45) is 3.12. The molecule has 0 saturated heterocycles. The third-order valence-corrected chi connectivity index (χ3v) is 2.00. The number of hydrogen-bond donors (Lipinski definition) is 1. The van der Waals surface area contributed by atoms with Gasteiger partial charge in [0.2, 0.25) is 12.5 Å². The highest BCUT2D eigenvalue weighted by Gasteiger charge is 2.11. The van der Waals surface area contributed by atoms with E-state index in [4.69, 9.17) is 11.7 Å². The number of carbonyl (C=O) groups excluding carboxylic acids is 1. The predicted molar refractivity (Wildman–Crippen MR) is 54.7 cm³/mol. The number of amides is 1. The van der Waals surface area contributed by atoms with Crippen molar-refractivity contribution < 1.29 is 9.90 Å². The lowest BCUT2D eigenvalue weighted by atomic mass is 10.2. The summed E-state index contributed by atoms with van der Waals surface area (Å²) in [7, 11) is 0. The van der Waals surface area contributed by atoms with Crippen LogP contribution < -0.4 is 0 Å². The molecule has 0 aromatic heterocycles. The molecular weight excluding hydrogens is 180 g/mol. The summed E-state index contributed by atoms with van der Waals surface area (Å²) in [5.74, 6) is -0.273. The van der Waals surface area contributed by atoms with Crippen molar-refractivity contribution in [2.24, 2.45) is 0 Å². The molecule has 0 atom stereocenters. The molecule has 0 aromatic rings. The lowest BCUT2D eigenvalue weighted by Gasteiger charge is -2.18. The van der Waals surface area contributed by atoms with E-state index in [2.05, 4.69) is 11.8 Å². The number of nitrogens with zero attached hydrogens (tertiary/aromatic N) is 2. The van der Waals surface area contributed by atoms with Gasteiger partial charge in [-0.25, -0.2) is 6.57 Å². The summed E-state index contributed by atoms with van der Waals surface area (Å²) in [5.41, 5.74) is 0. The van der Waals surface area contributed by atoms with Crippen LogP contribution in [0.15, 0.2) is 0 Å². The third-order valence-electron chi connectivity index (χ3n) is 2.00. The highest BCUT2D eigenvalue weighted by Crippen LogP contribution is 1.99. The summed E-state index contributed by atoms with van der Waals surface area (Å²) in [5, 5.41) is 8.69. The van der Waals surface area contributed by atoms with Crippen molar-refractivity contribution in [1.82, 2.24) is 4.90 Å². The van der Waals surface area contributed by atoms with Crippen LogP contribution >= 0.6 is 0 Å². The van der Waals surface area contributed by atoms with E-state index in [1.54, 1.807) is 4.90 Å². The molecule has 0 unspecified atom stereocenters. The zero-order valence-electron chi connectivity index (χ0n) is 8.70. The van der Waals surface area contributed by atoms with Crippen LogP contribution in [-0.4, -0.2) is 42.2 Å². The Morgan fingerprint density at radius 1 is 1.43 bits per heavy atom. The molecule has 0 spiro atoms. The van der Waals surface area contributed by atoms with E-state index in [9.17, 15) is 4.79 Å². The molecule has 0 saturated carbocycles. The van der Waals surface area contributed by atoms with Crippen molar-refractivity contribution >= 4 is 5.91 Å². The van der Waals surface area contributed by atoms with Gasteiger partial charge in [-0.05, 0) is 6.42 Å². The first-order chi connectivity index (χ1) is 6.76. The quantitative estimate of drug-likeness (QED) is 0.488. The average molecular weight is 198 g/mol. The molecule has 4 heteroatoms. The van der Waals surface area contributed by atoms with Gasteiger partial charge >= 0.3 is 0 Å². The van der Waals surface area contributed by atoms with Crippen LogP contribution in [0, 0.1) is 6.57 Å². The zero-order chi connectivity index (χ0) is 10.8. The molecule has 0 aromatic carbocycles. The Balaban J connectivity index is 3.85. The first-order valence-electron chi connectivity index (χ1n) is 4.98. The lowest BCUT2D eigenvalue weighted by molar-refractivity contribution is -0.134. The SMILES string of the molecule is [C-]#[N+]CCN(CCCCC)C(=O)CO. The van der Waals surface area contributed by atoms with Gasteiger partial charge in [0.15, 0.2) is 0 Å². The molecular formula is C10H18N2O2. The van der Waals surface area contributed by atoms with E-state index in [1.807, 2.05) is 0 Å². The zero-order valence-corrected chi connectivity index (χ0v) is 8.70. The largest absolute Gasteiger partial charge is 0.387 e. The highest BCUT2D eigenvalue weighted by molar-refractivity contribution is 5.77. The second-order valence-electron chi connectivity index (χ2n) is 3.13. The van der Waals surface area contributed by atoms with Gasteiger partial charge in [-0.3, -0.25) is 4.79 Å². The molecule has 1 N–H and O–H groups in total. The molecule has 14 heavy (non-hydrogen) atoms. The first-order valence-corrected chi connectivity index (χ1v) is 4.98. The van der Waals surface area contributed by atoms with Crippen molar-refractivity contribution in [3.63, 3.8) is 0 Å². The Morgan fingerprint density at radius 3 is 2.64 bits per heavy atom. The van der Waals surface area contributed by atoms with Crippen molar-refractivity contribution in [3.05, 3.63) is 11.4 Å². The monoisotopic (exact) mass is 198 g/mol. The number of aliphatic hydroxyl groups is 1. The Bertz CT molecular complexity index is 199. The fourth-order valence-corrected chi connectivity index (χ4v) is 1.18. The van der Waals surface area contributed by atoms with E-state index in [0.717, 1.165) is 19.3 Å². The molecule has 0 rings (SSSR count). The molecule has 0 heterocycles. The molecule has 4 nitrogen and oxygen atoms in total. The smallest absolute Gasteiger partial charge is 0.248 e. The summed E-state index contributed by atoms with van der Waals surface area (Å²) in [6.45, 7) is 9.68. The van der Waals surface area contributed by atoms with Gasteiger partial charge in [0.05, 0.1) is 6.54 Å². The summed E-state index contributed by atoms with van der Waals surface area (Å²) in [6, 6.07) is 0. The Kier molecular flexibility index (Phi) is 7.86. The molecule has 0 radical (unpaired) electrons. The maximum atomic E-state index is 11.2. The number of unbranched alkanes of at least 4 members (excludes halogenated alkanes) is 2. The van der Waals surface area contributed by atoms with Crippen LogP contribution in [0.4, 0.5) is 0 Å². The normalized spacial score (nSPS) is 9.50. The first kappa shape index (κ1) is 12.9. The molecule has 0 aliphatic carbocycles. The van der Waals surface area contributed by atoms with Crippen LogP contribution in [0.25, 0.3) is 4.85 Å². The second-order valence-corrected chi connectivity index (χ2v) is 3.13. The fraction of sp³-hybridized carbons (Fsp3) is 0.800. The van der Waals surface area contributed by atoms with Gasteiger partial charge in [-0.2, -0.15) is 0 Å². The molecule has 1 amide bonds. The average Bonchev–Trinajstić information content (AvgIpc) is 2.22. The van der Waals surface area contributed by atoms with Crippen LogP contribution in [0.5, 0.6) is 0 Å². The van der Waals surface area contributed by atoms with Crippen molar-refractivity contribution in [3.8, 4) is 0 Å². The standard InChI is InChI=1S/C10H18N2O2/c1-3-4-5-7-12(8-6-11-2)10(14)9-13/h13H,3-9H2,1H3. The van der Waals surface area contributed by atoms with Crippen molar-refractivity contribution in [1.29, 1.82) is 0 Å². The lowest BCUT2D eigenvalue weighted by Crippen LogP contribution is -2.35. The molecule has 0 aliphatic rings. The maximum absolute atomic E-state index is 11.2. The summed E-state index contributed by atoms with van der Waals surface area (Å²) in [4.78, 5) is 15.9. The number of hydrogen-bond acceptors (Lipinski definition) is 2. The Labute approximate surface area is 85.3 Å². The second kappa shape index (κ2) is 8.52. The minimum atomic E-state index is -0.454.